The molecule has 4 atom stereocenters. The molecular weight excluding hydrogens is 827 g/mol. The van der Waals surface area contributed by atoms with Crippen LogP contribution in [0.25, 0.3) is 0 Å². The van der Waals surface area contributed by atoms with E-state index in [1.165, 1.54) is 276 Å². The number of carbonyl (C=O) groups is 1. The van der Waals surface area contributed by atoms with Crippen LogP contribution in [0.15, 0.2) is 12.2 Å². The van der Waals surface area contributed by atoms with Crippen LogP contribution in [-0.4, -0.2) is 57.3 Å². The molecular formula is C61H121NO5. The fourth-order valence-corrected chi connectivity index (χ4v) is 9.94. The number of amides is 1. The Balaban J connectivity index is 3.57. The summed E-state index contributed by atoms with van der Waals surface area (Å²) in [5, 5.41) is 44.0. The molecule has 1 amide bonds. The Morgan fingerprint density at radius 1 is 0.358 bits per heavy atom. The standard InChI is InChI=1S/C61H121NO5/c1-3-5-7-9-11-13-15-17-19-21-23-24-25-26-27-28-29-30-31-32-33-34-35-37-38-40-42-44-46-48-50-52-54-58(64)60(66)57(56-63)62-61(67)59(65)55-53-51-49-47-45-43-41-39-36-22-20-18-16-14-12-10-8-6-4-2/h46,48,57-60,63-66H,3-45,47,49-56H2,1-2H3,(H,62,67)/b48-46+. The van der Waals surface area contributed by atoms with E-state index in [0.717, 1.165) is 38.5 Å². The van der Waals surface area contributed by atoms with Crippen molar-refractivity contribution in [3.8, 4) is 0 Å². The third-order valence-electron chi connectivity index (χ3n) is 14.7. The molecule has 0 radical (unpaired) electrons. The smallest absolute Gasteiger partial charge is 0.249 e. The minimum atomic E-state index is -1.28. The monoisotopic (exact) mass is 948 g/mol. The molecule has 67 heavy (non-hydrogen) atoms. The number of nitrogens with one attached hydrogen (secondary N) is 1. The maximum atomic E-state index is 12.6. The van der Waals surface area contributed by atoms with Crippen molar-refractivity contribution in [1.29, 1.82) is 0 Å². The molecule has 4 unspecified atom stereocenters. The van der Waals surface area contributed by atoms with Crippen LogP contribution in [0.5, 0.6) is 0 Å². The molecule has 0 saturated carbocycles. The summed E-state index contributed by atoms with van der Waals surface area (Å²) in [7, 11) is 0. The summed E-state index contributed by atoms with van der Waals surface area (Å²) in [6, 6.07) is -0.999. The Morgan fingerprint density at radius 2 is 0.612 bits per heavy atom. The van der Waals surface area contributed by atoms with E-state index in [-0.39, 0.29) is 0 Å². The summed E-state index contributed by atoms with van der Waals surface area (Å²) >= 11 is 0. The van der Waals surface area contributed by atoms with Gasteiger partial charge in [0, 0.05) is 0 Å². The van der Waals surface area contributed by atoms with Crippen molar-refractivity contribution in [3.05, 3.63) is 12.2 Å². The molecule has 0 spiro atoms. The maximum absolute atomic E-state index is 12.6. The molecule has 0 heterocycles. The van der Waals surface area contributed by atoms with Gasteiger partial charge >= 0.3 is 0 Å². The zero-order chi connectivity index (χ0) is 48.8. The van der Waals surface area contributed by atoms with E-state index < -0.39 is 36.9 Å². The van der Waals surface area contributed by atoms with Crippen molar-refractivity contribution in [2.24, 2.45) is 0 Å². The second kappa shape index (κ2) is 56.0. The van der Waals surface area contributed by atoms with Crippen LogP contribution in [0.4, 0.5) is 0 Å². The van der Waals surface area contributed by atoms with E-state index in [0.29, 0.717) is 12.8 Å². The van der Waals surface area contributed by atoms with Crippen LogP contribution >= 0.6 is 0 Å². The van der Waals surface area contributed by atoms with Gasteiger partial charge in [0.15, 0.2) is 0 Å². The third-order valence-corrected chi connectivity index (χ3v) is 14.7. The highest BCUT2D eigenvalue weighted by atomic mass is 16.3. The van der Waals surface area contributed by atoms with Gasteiger partial charge in [0.2, 0.25) is 5.91 Å². The SMILES string of the molecule is CCCCCCCCCCCCCCCCCCCCCCCCCCCCC/C=C/CCCC(O)C(O)C(CO)NC(=O)C(O)CCCCCCCCCCCCCCCCCCCCC. The number of carbonyl (C=O) groups excluding carboxylic acids is 1. The van der Waals surface area contributed by atoms with Gasteiger partial charge in [0.1, 0.15) is 12.2 Å². The highest BCUT2D eigenvalue weighted by molar-refractivity contribution is 5.80. The second-order valence-corrected chi connectivity index (χ2v) is 21.4. The molecule has 0 aliphatic heterocycles. The summed E-state index contributed by atoms with van der Waals surface area (Å²) in [5.41, 5.74) is 0. The molecule has 0 bridgehead atoms. The molecule has 0 aromatic heterocycles. The van der Waals surface area contributed by atoms with E-state index in [2.05, 4.69) is 31.3 Å². The lowest BCUT2D eigenvalue weighted by Gasteiger charge is -2.27. The average Bonchev–Trinajstić information content (AvgIpc) is 3.33. The molecule has 0 rings (SSSR count). The van der Waals surface area contributed by atoms with Crippen LogP contribution in [0, 0.1) is 0 Å². The van der Waals surface area contributed by atoms with E-state index in [4.69, 9.17) is 0 Å². The Kier molecular flexibility index (Phi) is 55.2. The summed E-state index contributed by atoms with van der Waals surface area (Å²) in [6.07, 6.45) is 67.4. The number of aliphatic hydroxyl groups excluding tert-OH is 4. The number of rotatable bonds is 57. The lowest BCUT2D eigenvalue weighted by Crippen LogP contribution is -2.53. The zero-order valence-corrected chi connectivity index (χ0v) is 45.4. The lowest BCUT2D eigenvalue weighted by atomic mass is 10.00. The third kappa shape index (κ3) is 49.8. The minimum Gasteiger partial charge on any atom is -0.394 e. The van der Waals surface area contributed by atoms with Crippen molar-refractivity contribution in [3.63, 3.8) is 0 Å². The molecule has 0 aromatic rings. The molecule has 0 saturated heterocycles. The Hall–Kier alpha value is -0.950. The van der Waals surface area contributed by atoms with Gasteiger partial charge in [-0.3, -0.25) is 4.79 Å². The van der Waals surface area contributed by atoms with Crippen LogP contribution < -0.4 is 5.32 Å². The average molecular weight is 949 g/mol. The van der Waals surface area contributed by atoms with Gasteiger partial charge in [-0.2, -0.15) is 0 Å². The molecule has 0 aliphatic carbocycles. The molecule has 5 N–H and O–H groups in total. The van der Waals surface area contributed by atoms with Gasteiger partial charge in [-0.15, -0.1) is 0 Å². The Morgan fingerprint density at radius 3 is 0.896 bits per heavy atom. The van der Waals surface area contributed by atoms with E-state index in [1.54, 1.807) is 0 Å². The molecule has 0 aliphatic rings. The maximum Gasteiger partial charge on any atom is 0.249 e. The second-order valence-electron chi connectivity index (χ2n) is 21.4. The van der Waals surface area contributed by atoms with Crippen LogP contribution in [-0.2, 0) is 4.79 Å². The minimum absolute atomic E-state index is 0.369. The highest BCUT2D eigenvalue weighted by Gasteiger charge is 2.28. The number of aliphatic hydroxyl groups is 4. The predicted octanol–water partition coefficient (Wildman–Crippen LogP) is 18.0. The van der Waals surface area contributed by atoms with Crippen LogP contribution in [0.2, 0.25) is 0 Å². The van der Waals surface area contributed by atoms with Gasteiger partial charge in [-0.05, 0) is 38.5 Å². The summed E-state index contributed by atoms with van der Waals surface area (Å²) in [5.74, 6) is -0.586. The topological polar surface area (TPSA) is 110 Å². The number of hydrogen-bond donors (Lipinski definition) is 5. The first-order valence-electron chi connectivity index (χ1n) is 30.6. The number of unbranched alkanes of at least 4 members (excludes halogenated alkanes) is 46. The van der Waals surface area contributed by atoms with Gasteiger partial charge in [0.05, 0.1) is 18.8 Å². The first-order valence-corrected chi connectivity index (χ1v) is 30.6. The first kappa shape index (κ1) is 66.0. The first-order chi connectivity index (χ1) is 33.0. The van der Waals surface area contributed by atoms with E-state index in [1.807, 2.05) is 0 Å². The van der Waals surface area contributed by atoms with Crippen molar-refractivity contribution >= 4 is 5.91 Å². The largest absolute Gasteiger partial charge is 0.394 e. The van der Waals surface area contributed by atoms with Crippen molar-refractivity contribution in [1.82, 2.24) is 5.32 Å². The summed E-state index contributed by atoms with van der Waals surface area (Å²) in [6.45, 7) is 4.09. The fraction of sp³-hybridized carbons (Fsp3) is 0.951. The number of allylic oxidation sites excluding steroid dienone is 2. The van der Waals surface area contributed by atoms with Gasteiger partial charge in [-0.25, -0.2) is 0 Å². The zero-order valence-electron chi connectivity index (χ0n) is 45.4. The van der Waals surface area contributed by atoms with Gasteiger partial charge in [-0.1, -0.05) is 315 Å². The quantitative estimate of drug-likeness (QED) is 0.0308. The molecule has 6 heteroatoms. The molecule has 400 valence electrons. The van der Waals surface area contributed by atoms with E-state index >= 15 is 0 Å². The summed E-state index contributed by atoms with van der Waals surface area (Å²) in [4.78, 5) is 12.6. The Labute approximate surface area is 419 Å². The number of hydrogen-bond acceptors (Lipinski definition) is 5. The summed E-state index contributed by atoms with van der Waals surface area (Å²) < 4.78 is 0. The normalized spacial score (nSPS) is 13.7. The van der Waals surface area contributed by atoms with Crippen LogP contribution in [0.3, 0.4) is 0 Å². The van der Waals surface area contributed by atoms with Crippen LogP contribution in [0.1, 0.15) is 341 Å². The predicted molar refractivity (Wildman–Crippen MR) is 293 cm³/mol. The van der Waals surface area contributed by atoms with Crippen molar-refractivity contribution < 1.29 is 25.2 Å². The van der Waals surface area contributed by atoms with Crippen molar-refractivity contribution in [2.75, 3.05) is 6.61 Å². The van der Waals surface area contributed by atoms with Gasteiger partial charge < -0.3 is 25.7 Å². The molecule has 0 aromatic carbocycles. The molecule has 6 nitrogen and oxygen atoms in total. The highest BCUT2D eigenvalue weighted by Crippen LogP contribution is 2.19. The van der Waals surface area contributed by atoms with Crippen molar-refractivity contribution in [2.45, 2.75) is 366 Å². The van der Waals surface area contributed by atoms with Gasteiger partial charge in [0.25, 0.3) is 0 Å². The Bertz CT molecular complexity index is 975. The fourth-order valence-electron chi connectivity index (χ4n) is 9.94. The lowest BCUT2D eigenvalue weighted by molar-refractivity contribution is -0.132. The molecule has 0 fully saturated rings. The van der Waals surface area contributed by atoms with E-state index in [9.17, 15) is 25.2 Å².